The van der Waals surface area contributed by atoms with Crippen molar-refractivity contribution < 1.29 is 22.7 Å². The summed E-state index contributed by atoms with van der Waals surface area (Å²) < 4.78 is 44.9. The van der Waals surface area contributed by atoms with Gasteiger partial charge in [-0.3, -0.25) is 9.59 Å². The van der Waals surface area contributed by atoms with Crippen LogP contribution in [0.4, 0.5) is 13.2 Å². The van der Waals surface area contributed by atoms with Gasteiger partial charge in [0.15, 0.2) is 5.69 Å². The average molecular weight is 369 g/mol. The van der Waals surface area contributed by atoms with E-state index in [1.54, 1.807) is 6.92 Å². The van der Waals surface area contributed by atoms with Gasteiger partial charge in [0.05, 0.1) is 17.9 Å². The summed E-state index contributed by atoms with van der Waals surface area (Å²) in [6, 6.07) is 5.64. The fourth-order valence-electron chi connectivity index (χ4n) is 2.24. The van der Waals surface area contributed by atoms with Crippen molar-refractivity contribution in [2.45, 2.75) is 20.0 Å². The number of ether oxygens (including phenoxy) is 1. The normalized spacial score (nSPS) is 11.4. The Hall–Kier alpha value is -2.68. The lowest BCUT2D eigenvalue weighted by atomic mass is 10.2. The first-order valence-corrected chi connectivity index (χ1v) is 7.88. The molecule has 1 aromatic heterocycles. The second kappa shape index (κ2) is 8.13. The van der Waals surface area contributed by atoms with Crippen LogP contribution in [0.25, 0.3) is 5.69 Å². The van der Waals surface area contributed by atoms with E-state index in [4.69, 9.17) is 4.74 Å². The molecule has 2 rings (SSSR count). The van der Waals surface area contributed by atoms with Crippen molar-refractivity contribution in [1.29, 1.82) is 0 Å². The fraction of sp³-hybridized carbons (Fsp3) is 0.353. The number of hydrogen-bond acceptors (Lipinski definition) is 4. The van der Waals surface area contributed by atoms with E-state index in [-0.39, 0.29) is 18.8 Å². The maximum absolute atomic E-state index is 12.9. The van der Waals surface area contributed by atoms with E-state index < -0.39 is 28.8 Å². The van der Waals surface area contributed by atoms with Gasteiger partial charge in [-0.05, 0) is 32.0 Å². The molecule has 0 aliphatic carbocycles. The first kappa shape index (κ1) is 19.6. The highest BCUT2D eigenvalue weighted by molar-refractivity contribution is 5.92. The molecule has 0 aliphatic rings. The molecule has 1 heterocycles. The first-order valence-electron chi connectivity index (χ1n) is 7.88. The minimum atomic E-state index is -4.51. The lowest BCUT2D eigenvalue weighted by Crippen LogP contribution is -2.33. The van der Waals surface area contributed by atoms with Crippen molar-refractivity contribution in [3.05, 3.63) is 57.5 Å². The molecule has 0 unspecified atom stereocenters. The van der Waals surface area contributed by atoms with E-state index in [2.05, 4.69) is 10.4 Å². The molecule has 0 bridgehead atoms. The summed E-state index contributed by atoms with van der Waals surface area (Å²) in [5, 5.41) is 6.44. The van der Waals surface area contributed by atoms with Gasteiger partial charge in [-0.2, -0.15) is 18.3 Å². The SMILES string of the molecule is CCOCCNC(=O)c1nn(-c2cccc(C(F)(F)F)c2)c(C)cc1=O. The third kappa shape index (κ3) is 4.69. The van der Waals surface area contributed by atoms with Gasteiger partial charge in [0.25, 0.3) is 5.91 Å². The molecular weight excluding hydrogens is 351 g/mol. The molecule has 26 heavy (non-hydrogen) atoms. The molecule has 9 heteroatoms. The van der Waals surface area contributed by atoms with Crippen LogP contribution in [-0.4, -0.2) is 35.4 Å². The van der Waals surface area contributed by atoms with Crippen LogP contribution in [0.3, 0.4) is 0 Å². The van der Waals surface area contributed by atoms with Crippen LogP contribution in [0.1, 0.15) is 28.7 Å². The summed E-state index contributed by atoms with van der Waals surface area (Å²) in [6.07, 6.45) is -4.51. The Morgan fingerprint density at radius 2 is 2.04 bits per heavy atom. The number of halogens is 3. The predicted molar refractivity (Wildman–Crippen MR) is 88.4 cm³/mol. The molecule has 1 aromatic carbocycles. The molecule has 0 atom stereocenters. The molecule has 0 aliphatic heterocycles. The number of amides is 1. The topological polar surface area (TPSA) is 73.2 Å². The van der Waals surface area contributed by atoms with Gasteiger partial charge in [-0.15, -0.1) is 0 Å². The second-order valence-electron chi connectivity index (χ2n) is 5.41. The quantitative estimate of drug-likeness (QED) is 0.794. The standard InChI is InChI=1S/C17H18F3N3O3/c1-3-26-8-7-21-16(25)15-14(24)9-11(2)23(22-15)13-6-4-5-12(10-13)17(18,19)20/h4-6,9-10H,3,7-8H2,1-2H3,(H,21,25). The molecule has 0 radical (unpaired) electrons. The highest BCUT2D eigenvalue weighted by Gasteiger charge is 2.30. The summed E-state index contributed by atoms with van der Waals surface area (Å²) in [7, 11) is 0. The zero-order valence-corrected chi connectivity index (χ0v) is 14.3. The van der Waals surface area contributed by atoms with Crippen molar-refractivity contribution in [3.63, 3.8) is 0 Å². The third-order valence-electron chi connectivity index (χ3n) is 3.48. The van der Waals surface area contributed by atoms with Crippen LogP contribution in [0, 0.1) is 6.92 Å². The highest BCUT2D eigenvalue weighted by atomic mass is 19.4. The van der Waals surface area contributed by atoms with Gasteiger partial charge in [-0.1, -0.05) is 6.07 Å². The van der Waals surface area contributed by atoms with Gasteiger partial charge in [0.2, 0.25) is 5.43 Å². The van der Waals surface area contributed by atoms with Gasteiger partial charge in [-0.25, -0.2) is 4.68 Å². The molecule has 0 spiro atoms. The van der Waals surface area contributed by atoms with Crippen LogP contribution in [-0.2, 0) is 10.9 Å². The molecule has 2 aromatic rings. The zero-order chi connectivity index (χ0) is 19.3. The Kier molecular flexibility index (Phi) is 6.14. The third-order valence-corrected chi connectivity index (χ3v) is 3.48. The van der Waals surface area contributed by atoms with Crippen LogP contribution >= 0.6 is 0 Å². The van der Waals surface area contributed by atoms with Gasteiger partial charge in [0.1, 0.15) is 0 Å². The second-order valence-corrected chi connectivity index (χ2v) is 5.41. The number of alkyl halides is 3. The number of carbonyl (C=O) groups excluding carboxylic acids is 1. The average Bonchev–Trinajstić information content (AvgIpc) is 2.58. The molecule has 0 saturated heterocycles. The summed E-state index contributed by atoms with van der Waals surface area (Å²) in [5.74, 6) is -0.713. The Balaban J connectivity index is 2.36. The van der Waals surface area contributed by atoms with Crippen molar-refractivity contribution >= 4 is 5.91 Å². The fourth-order valence-corrected chi connectivity index (χ4v) is 2.24. The molecule has 0 fully saturated rings. The number of aromatic nitrogens is 2. The summed E-state index contributed by atoms with van der Waals surface area (Å²) in [4.78, 5) is 24.2. The van der Waals surface area contributed by atoms with Crippen LogP contribution in [0.2, 0.25) is 0 Å². The van der Waals surface area contributed by atoms with Gasteiger partial charge < -0.3 is 10.1 Å². The molecule has 140 valence electrons. The summed E-state index contributed by atoms with van der Waals surface area (Å²) >= 11 is 0. The largest absolute Gasteiger partial charge is 0.416 e. The van der Waals surface area contributed by atoms with Crippen LogP contribution in [0.15, 0.2) is 35.1 Å². The van der Waals surface area contributed by atoms with Crippen LogP contribution < -0.4 is 10.7 Å². The van der Waals surface area contributed by atoms with E-state index in [0.717, 1.165) is 22.9 Å². The molecule has 1 N–H and O–H groups in total. The predicted octanol–water partition coefficient (Wildman–Crippen LogP) is 2.33. The van der Waals surface area contributed by atoms with Gasteiger partial charge >= 0.3 is 6.18 Å². The molecule has 6 nitrogen and oxygen atoms in total. The molecule has 1 amide bonds. The lowest BCUT2D eigenvalue weighted by Gasteiger charge is -2.13. The van der Waals surface area contributed by atoms with Crippen molar-refractivity contribution in [3.8, 4) is 5.69 Å². The number of nitrogens with one attached hydrogen (secondary N) is 1. The number of aryl methyl sites for hydroxylation is 1. The monoisotopic (exact) mass is 369 g/mol. The van der Waals surface area contributed by atoms with Crippen molar-refractivity contribution in [2.75, 3.05) is 19.8 Å². The number of nitrogens with zero attached hydrogens (tertiary/aromatic N) is 2. The molecular formula is C17H18F3N3O3. The van der Waals surface area contributed by atoms with E-state index in [0.29, 0.717) is 12.3 Å². The number of benzene rings is 1. The smallest absolute Gasteiger partial charge is 0.380 e. The maximum atomic E-state index is 12.9. The van der Waals surface area contributed by atoms with E-state index in [1.165, 1.54) is 19.1 Å². The molecule has 0 saturated carbocycles. The first-order chi connectivity index (χ1) is 12.2. The Morgan fingerprint density at radius 3 is 2.69 bits per heavy atom. The minimum absolute atomic E-state index is 0.0979. The Morgan fingerprint density at radius 1 is 1.31 bits per heavy atom. The summed E-state index contributed by atoms with van der Waals surface area (Å²) in [6.45, 7) is 4.27. The zero-order valence-electron chi connectivity index (χ0n) is 14.3. The van der Waals surface area contributed by atoms with Gasteiger partial charge in [0, 0.05) is 24.9 Å². The van der Waals surface area contributed by atoms with E-state index >= 15 is 0 Å². The van der Waals surface area contributed by atoms with E-state index in [9.17, 15) is 22.8 Å². The van der Waals surface area contributed by atoms with E-state index in [1.807, 2.05) is 0 Å². The van der Waals surface area contributed by atoms with Crippen LogP contribution in [0.5, 0.6) is 0 Å². The Labute approximate surface area is 147 Å². The Bertz CT molecular complexity index is 847. The number of rotatable bonds is 6. The number of carbonyl (C=O) groups is 1. The maximum Gasteiger partial charge on any atom is 0.416 e. The minimum Gasteiger partial charge on any atom is -0.380 e. The summed E-state index contributed by atoms with van der Waals surface area (Å²) in [5.41, 5.74) is -1.46. The van der Waals surface area contributed by atoms with Crippen molar-refractivity contribution in [1.82, 2.24) is 15.1 Å². The highest BCUT2D eigenvalue weighted by Crippen LogP contribution is 2.30. The van der Waals surface area contributed by atoms with Crippen molar-refractivity contribution in [2.24, 2.45) is 0 Å². The number of hydrogen-bond donors (Lipinski definition) is 1. The lowest BCUT2D eigenvalue weighted by molar-refractivity contribution is -0.137.